The van der Waals surface area contributed by atoms with Crippen molar-refractivity contribution in [2.45, 2.75) is 45.7 Å². The lowest BCUT2D eigenvalue weighted by Gasteiger charge is -2.33. The summed E-state index contributed by atoms with van der Waals surface area (Å²) in [6.07, 6.45) is 3.82. The summed E-state index contributed by atoms with van der Waals surface area (Å²) in [5.74, 6) is 1.39. The Balaban J connectivity index is 1.93. The van der Waals surface area contributed by atoms with Crippen molar-refractivity contribution in [3.63, 3.8) is 0 Å². The van der Waals surface area contributed by atoms with Crippen molar-refractivity contribution in [3.05, 3.63) is 34.1 Å². The number of nitrogens with one attached hydrogen (secondary N) is 1. The fraction of sp³-hybridized carbons (Fsp3) is 0.600. The molecule has 1 aromatic rings. The topological polar surface area (TPSA) is 12.0 Å². The molecule has 0 bridgehead atoms. The Kier molecular flexibility index (Phi) is 4.79. The van der Waals surface area contributed by atoms with Gasteiger partial charge in [0.2, 0.25) is 0 Å². The molecule has 0 amide bonds. The molecular formula is C15H21BrFN. The summed E-state index contributed by atoms with van der Waals surface area (Å²) in [7, 11) is 0. The monoisotopic (exact) mass is 313 g/mol. The van der Waals surface area contributed by atoms with E-state index in [0.717, 1.165) is 22.5 Å². The van der Waals surface area contributed by atoms with Crippen LogP contribution in [0.4, 0.5) is 4.39 Å². The molecule has 0 aromatic heterocycles. The van der Waals surface area contributed by atoms with Crippen LogP contribution >= 0.6 is 15.9 Å². The third-order valence-corrected chi connectivity index (χ3v) is 4.77. The van der Waals surface area contributed by atoms with Crippen molar-refractivity contribution in [2.24, 2.45) is 11.8 Å². The molecule has 3 heteroatoms. The summed E-state index contributed by atoms with van der Waals surface area (Å²) in [4.78, 5) is 0. The van der Waals surface area contributed by atoms with Crippen molar-refractivity contribution in [3.8, 4) is 0 Å². The van der Waals surface area contributed by atoms with Gasteiger partial charge in [-0.3, -0.25) is 0 Å². The first-order chi connectivity index (χ1) is 8.56. The van der Waals surface area contributed by atoms with Crippen LogP contribution in [0, 0.1) is 17.7 Å². The second-order valence-electron chi connectivity index (χ2n) is 5.62. The third-order valence-electron chi connectivity index (χ3n) is 3.99. The predicted octanol–water partition coefficient (Wildman–Crippen LogP) is 4.50. The Morgan fingerprint density at radius 1 is 1.33 bits per heavy atom. The highest BCUT2D eigenvalue weighted by Gasteiger charge is 2.24. The van der Waals surface area contributed by atoms with Gasteiger partial charge in [0.25, 0.3) is 0 Å². The van der Waals surface area contributed by atoms with E-state index in [1.165, 1.54) is 25.3 Å². The highest BCUT2D eigenvalue weighted by Crippen LogP contribution is 2.29. The molecule has 0 aliphatic heterocycles. The molecule has 100 valence electrons. The van der Waals surface area contributed by atoms with E-state index in [2.05, 4.69) is 35.1 Å². The molecule has 1 saturated carbocycles. The van der Waals surface area contributed by atoms with Crippen molar-refractivity contribution < 1.29 is 4.39 Å². The number of halogens is 2. The van der Waals surface area contributed by atoms with E-state index in [9.17, 15) is 4.39 Å². The number of rotatable bonds is 3. The molecule has 1 N–H and O–H groups in total. The molecule has 0 saturated heterocycles. The van der Waals surface area contributed by atoms with Crippen LogP contribution in [-0.4, -0.2) is 6.04 Å². The molecule has 1 aliphatic rings. The van der Waals surface area contributed by atoms with Gasteiger partial charge in [-0.15, -0.1) is 0 Å². The Morgan fingerprint density at radius 2 is 2.11 bits per heavy atom. The highest BCUT2D eigenvalue weighted by molar-refractivity contribution is 9.10. The van der Waals surface area contributed by atoms with Gasteiger partial charge >= 0.3 is 0 Å². The van der Waals surface area contributed by atoms with E-state index in [-0.39, 0.29) is 5.82 Å². The lowest BCUT2D eigenvalue weighted by molar-refractivity contribution is 0.227. The summed E-state index contributed by atoms with van der Waals surface area (Å²) in [5.41, 5.74) is 1.00. The van der Waals surface area contributed by atoms with Crippen LogP contribution in [0.15, 0.2) is 22.7 Å². The van der Waals surface area contributed by atoms with E-state index >= 15 is 0 Å². The maximum atomic E-state index is 13.2. The minimum atomic E-state index is -0.166. The quantitative estimate of drug-likeness (QED) is 0.866. The molecule has 18 heavy (non-hydrogen) atoms. The van der Waals surface area contributed by atoms with Gasteiger partial charge < -0.3 is 5.32 Å². The van der Waals surface area contributed by atoms with Gasteiger partial charge in [0.1, 0.15) is 5.82 Å². The van der Waals surface area contributed by atoms with E-state index in [1.807, 2.05) is 0 Å². The molecule has 1 fully saturated rings. The van der Waals surface area contributed by atoms with Crippen LogP contribution in [0.3, 0.4) is 0 Å². The summed E-state index contributed by atoms with van der Waals surface area (Å²) in [6, 6.07) is 5.43. The molecule has 0 heterocycles. The first-order valence-electron chi connectivity index (χ1n) is 6.73. The first-order valence-corrected chi connectivity index (χ1v) is 7.53. The molecule has 1 aromatic carbocycles. The third kappa shape index (κ3) is 3.55. The van der Waals surface area contributed by atoms with Crippen LogP contribution in [0.5, 0.6) is 0 Å². The Hall–Kier alpha value is -0.410. The number of hydrogen-bond donors (Lipinski definition) is 1. The van der Waals surface area contributed by atoms with Crippen LogP contribution in [0.1, 0.15) is 38.7 Å². The maximum absolute atomic E-state index is 13.2. The Morgan fingerprint density at radius 3 is 2.83 bits per heavy atom. The zero-order valence-corrected chi connectivity index (χ0v) is 12.6. The molecule has 3 atom stereocenters. The molecule has 3 unspecified atom stereocenters. The summed E-state index contributed by atoms with van der Waals surface area (Å²) in [5, 5.41) is 3.58. The number of benzene rings is 1. The van der Waals surface area contributed by atoms with Crippen LogP contribution in [0.2, 0.25) is 0 Å². The second-order valence-corrected chi connectivity index (χ2v) is 6.47. The Bertz CT molecular complexity index is 407. The average molecular weight is 314 g/mol. The summed E-state index contributed by atoms with van der Waals surface area (Å²) < 4.78 is 14.2. The number of hydrogen-bond acceptors (Lipinski definition) is 1. The van der Waals surface area contributed by atoms with Gasteiger partial charge in [-0.1, -0.05) is 29.8 Å². The van der Waals surface area contributed by atoms with Gasteiger partial charge in [0.15, 0.2) is 0 Å². The molecule has 1 aliphatic carbocycles. The fourth-order valence-electron chi connectivity index (χ4n) is 2.89. The minimum absolute atomic E-state index is 0.166. The van der Waals surface area contributed by atoms with Gasteiger partial charge in [-0.25, -0.2) is 4.39 Å². The lowest BCUT2D eigenvalue weighted by atomic mass is 9.80. The van der Waals surface area contributed by atoms with E-state index in [4.69, 9.17) is 0 Å². The SMILES string of the molecule is CC1CCC(NCc2cc(F)ccc2Br)C(C)C1. The standard InChI is InChI=1S/C15H21BrFN/c1-10-3-6-15(11(2)7-10)18-9-12-8-13(17)4-5-14(12)16/h4-5,8,10-11,15,18H,3,6-7,9H2,1-2H3. The van der Waals surface area contributed by atoms with Gasteiger partial charge in [-0.2, -0.15) is 0 Å². The van der Waals surface area contributed by atoms with Crippen molar-refractivity contribution in [1.82, 2.24) is 5.32 Å². The normalized spacial score (nSPS) is 28.3. The maximum Gasteiger partial charge on any atom is 0.123 e. The summed E-state index contributed by atoms with van der Waals surface area (Å²) >= 11 is 3.47. The van der Waals surface area contributed by atoms with Crippen molar-refractivity contribution >= 4 is 15.9 Å². The van der Waals surface area contributed by atoms with Gasteiger partial charge in [-0.05, 0) is 54.9 Å². The highest BCUT2D eigenvalue weighted by atomic mass is 79.9. The van der Waals surface area contributed by atoms with E-state index in [0.29, 0.717) is 12.0 Å². The van der Waals surface area contributed by atoms with Crippen molar-refractivity contribution in [1.29, 1.82) is 0 Å². The fourth-order valence-corrected chi connectivity index (χ4v) is 3.28. The lowest BCUT2D eigenvalue weighted by Crippen LogP contribution is -2.38. The van der Waals surface area contributed by atoms with Crippen LogP contribution in [-0.2, 0) is 6.54 Å². The molecule has 0 spiro atoms. The van der Waals surface area contributed by atoms with E-state index < -0.39 is 0 Å². The van der Waals surface area contributed by atoms with Gasteiger partial charge in [0.05, 0.1) is 0 Å². The van der Waals surface area contributed by atoms with E-state index in [1.54, 1.807) is 12.1 Å². The minimum Gasteiger partial charge on any atom is -0.310 e. The predicted molar refractivity (Wildman–Crippen MR) is 76.9 cm³/mol. The summed E-state index contributed by atoms with van der Waals surface area (Å²) in [6.45, 7) is 5.38. The second kappa shape index (κ2) is 6.16. The Labute approximate surface area is 117 Å². The average Bonchev–Trinajstić information content (AvgIpc) is 2.32. The molecule has 0 radical (unpaired) electrons. The zero-order valence-electron chi connectivity index (χ0n) is 11.0. The van der Waals surface area contributed by atoms with Crippen LogP contribution < -0.4 is 5.32 Å². The zero-order chi connectivity index (χ0) is 13.1. The largest absolute Gasteiger partial charge is 0.310 e. The van der Waals surface area contributed by atoms with Crippen molar-refractivity contribution in [2.75, 3.05) is 0 Å². The first kappa shape index (κ1) is 14.0. The smallest absolute Gasteiger partial charge is 0.123 e. The van der Waals surface area contributed by atoms with Gasteiger partial charge in [0, 0.05) is 17.1 Å². The molecule has 2 rings (SSSR count). The van der Waals surface area contributed by atoms with Crippen LogP contribution in [0.25, 0.3) is 0 Å². The molecule has 1 nitrogen and oxygen atoms in total. The molecular weight excluding hydrogens is 293 g/mol.